The van der Waals surface area contributed by atoms with Crippen LogP contribution in [-0.2, 0) is 5.54 Å². The first-order valence-corrected chi connectivity index (χ1v) is 5.85. The van der Waals surface area contributed by atoms with Crippen molar-refractivity contribution in [3.05, 3.63) is 53.2 Å². The van der Waals surface area contributed by atoms with Gasteiger partial charge < -0.3 is 9.73 Å². The molecule has 4 nitrogen and oxygen atoms in total. The maximum Gasteiger partial charge on any atom is 0.256 e. The quantitative estimate of drug-likeness (QED) is 0.927. The van der Waals surface area contributed by atoms with E-state index >= 15 is 0 Å². The SMILES string of the molecule is CC(C)(NC(=O)c1ccoc1Cl)c1ccccn1. The molecule has 0 unspecified atom stereocenters. The van der Waals surface area contributed by atoms with Gasteiger partial charge in [0.1, 0.15) is 0 Å². The molecule has 2 aromatic heterocycles. The van der Waals surface area contributed by atoms with Gasteiger partial charge in [-0.25, -0.2) is 0 Å². The minimum atomic E-state index is -0.584. The molecule has 0 radical (unpaired) electrons. The number of carbonyl (C=O) groups excluding carboxylic acids is 1. The van der Waals surface area contributed by atoms with E-state index in [-0.39, 0.29) is 11.1 Å². The van der Waals surface area contributed by atoms with Crippen molar-refractivity contribution < 1.29 is 9.21 Å². The Balaban J connectivity index is 2.19. The summed E-state index contributed by atoms with van der Waals surface area (Å²) in [7, 11) is 0. The number of halogens is 1. The standard InChI is InChI=1S/C13H13ClN2O2/c1-13(2,10-5-3-4-7-15-10)16-12(17)9-6-8-18-11(9)14/h3-8H,1-2H3,(H,16,17). The van der Waals surface area contributed by atoms with Gasteiger partial charge in [0, 0.05) is 6.20 Å². The van der Waals surface area contributed by atoms with Crippen LogP contribution in [0.3, 0.4) is 0 Å². The van der Waals surface area contributed by atoms with Crippen molar-refractivity contribution in [2.75, 3.05) is 0 Å². The smallest absolute Gasteiger partial charge is 0.256 e. The van der Waals surface area contributed by atoms with Gasteiger partial charge in [0.15, 0.2) is 0 Å². The van der Waals surface area contributed by atoms with Gasteiger partial charge in [0.2, 0.25) is 5.22 Å². The highest BCUT2D eigenvalue weighted by molar-refractivity contribution is 6.32. The Labute approximate surface area is 110 Å². The number of aromatic nitrogens is 1. The second-order valence-corrected chi connectivity index (χ2v) is 4.75. The average Bonchev–Trinajstić information content (AvgIpc) is 2.76. The number of hydrogen-bond donors (Lipinski definition) is 1. The molecule has 0 spiro atoms. The number of hydrogen-bond acceptors (Lipinski definition) is 3. The summed E-state index contributed by atoms with van der Waals surface area (Å²) in [5, 5.41) is 2.96. The molecule has 94 valence electrons. The van der Waals surface area contributed by atoms with Crippen LogP contribution in [0.1, 0.15) is 29.9 Å². The number of pyridine rings is 1. The Morgan fingerprint density at radius 2 is 2.17 bits per heavy atom. The monoisotopic (exact) mass is 264 g/mol. The van der Waals surface area contributed by atoms with Gasteiger partial charge in [-0.3, -0.25) is 9.78 Å². The maximum atomic E-state index is 12.0. The third-order valence-electron chi connectivity index (χ3n) is 2.59. The van der Waals surface area contributed by atoms with Crippen molar-refractivity contribution in [3.8, 4) is 0 Å². The maximum absolute atomic E-state index is 12.0. The summed E-state index contributed by atoms with van der Waals surface area (Å²) in [5.74, 6) is -0.288. The fourth-order valence-corrected chi connectivity index (χ4v) is 1.80. The molecular weight excluding hydrogens is 252 g/mol. The van der Waals surface area contributed by atoms with Crippen molar-refractivity contribution >= 4 is 17.5 Å². The summed E-state index contributed by atoms with van der Waals surface area (Å²) in [6.45, 7) is 3.75. The summed E-state index contributed by atoms with van der Waals surface area (Å²) in [4.78, 5) is 16.3. The lowest BCUT2D eigenvalue weighted by Crippen LogP contribution is -2.41. The highest BCUT2D eigenvalue weighted by Gasteiger charge is 2.26. The third kappa shape index (κ3) is 2.54. The summed E-state index contributed by atoms with van der Waals surface area (Å²) < 4.78 is 4.89. The normalized spacial score (nSPS) is 11.3. The van der Waals surface area contributed by atoms with Crippen molar-refractivity contribution in [1.82, 2.24) is 10.3 Å². The zero-order chi connectivity index (χ0) is 13.2. The molecule has 2 rings (SSSR count). The van der Waals surface area contributed by atoms with E-state index in [0.29, 0.717) is 5.56 Å². The Hall–Kier alpha value is -1.81. The summed E-state index contributed by atoms with van der Waals surface area (Å²) in [6, 6.07) is 7.10. The molecule has 0 saturated carbocycles. The topological polar surface area (TPSA) is 55.1 Å². The summed E-state index contributed by atoms with van der Waals surface area (Å²) >= 11 is 5.77. The van der Waals surface area contributed by atoms with E-state index in [0.717, 1.165) is 5.69 Å². The van der Waals surface area contributed by atoms with Crippen LogP contribution in [0.5, 0.6) is 0 Å². The molecule has 0 aromatic carbocycles. The number of nitrogens with zero attached hydrogens (tertiary/aromatic N) is 1. The zero-order valence-corrected chi connectivity index (χ0v) is 10.9. The number of furan rings is 1. The van der Waals surface area contributed by atoms with Crippen LogP contribution in [0.2, 0.25) is 5.22 Å². The molecular formula is C13H13ClN2O2. The van der Waals surface area contributed by atoms with E-state index in [1.807, 2.05) is 32.0 Å². The van der Waals surface area contributed by atoms with E-state index in [9.17, 15) is 4.79 Å². The summed E-state index contributed by atoms with van der Waals surface area (Å²) in [5.41, 5.74) is 0.512. The van der Waals surface area contributed by atoms with Crippen LogP contribution in [0.15, 0.2) is 41.1 Å². The van der Waals surface area contributed by atoms with Crippen molar-refractivity contribution in [2.24, 2.45) is 0 Å². The van der Waals surface area contributed by atoms with Gasteiger partial charge >= 0.3 is 0 Å². The van der Waals surface area contributed by atoms with E-state index in [1.165, 1.54) is 12.3 Å². The summed E-state index contributed by atoms with van der Waals surface area (Å²) in [6.07, 6.45) is 3.07. The van der Waals surface area contributed by atoms with Gasteiger partial charge in [-0.1, -0.05) is 6.07 Å². The van der Waals surface area contributed by atoms with Crippen LogP contribution in [-0.4, -0.2) is 10.9 Å². The predicted molar refractivity (Wildman–Crippen MR) is 68.4 cm³/mol. The molecule has 1 amide bonds. The van der Waals surface area contributed by atoms with E-state index in [4.69, 9.17) is 16.0 Å². The minimum absolute atomic E-state index is 0.0873. The molecule has 0 aliphatic rings. The van der Waals surface area contributed by atoms with Crippen molar-refractivity contribution in [2.45, 2.75) is 19.4 Å². The molecule has 0 atom stereocenters. The third-order valence-corrected chi connectivity index (χ3v) is 2.89. The predicted octanol–water partition coefficient (Wildman–Crippen LogP) is 2.99. The molecule has 1 N–H and O–H groups in total. The first kappa shape index (κ1) is 12.6. The lowest BCUT2D eigenvalue weighted by molar-refractivity contribution is 0.0910. The molecule has 0 aliphatic heterocycles. The molecule has 2 heterocycles. The molecule has 2 aromatic rings. The highest BCUT2D eigenvalue weighted by Crippen LogP contribution is 2.21. The lowest BCUT2D eigenvalue weighted by Gasteiger charge is -2.25. The Morgan fingerprint density at radius 3 is 2.72 bits per heavy atom. The minimum Gasteiger partial charge on any atom is -0.452 e. The number of rotatable bonds is 3. The second kappa shape index (κ2) is 4.82. The number of amides is 1. The largest absolute Gasteiger partial charge is 0.452 e. The number of carbonyl (C=O) groups is 1. The van der Waals surface area contributed by atoms with Crippen LogP contribution in [0.4, 0.5) is 0 Å². The van der Waals surface area contributed by atoms with Gasteiger partial charge in [0.25, 0.3) is 5.91 Å². The molecule has 5 heteroatoms. The van der Waals surface area contributed by atoms with Gasteiger partial charge in [-0.2, -0.15) is 0 Å². The second-order valence-electron chi connectivity index (χ2n) is 4.40. The van der Waals surface area contributed by atoms with Crippen LogP contribution in [0.25, 0.3) is 0 Å². The van der Waals surface area contributed by atoms with Crippen LogP contribution >= 0.6 is 11.6 Å². The first-order chi connectivity index (χ1) is 8.50. The zero-order valence-electron chi connectivity index (χ0n) is 10.1. The molecule has 0 saturated heterocycles. The first-order valence-electron chi connectivity index (χ1n) is 5.48. The molecule has 18 heavy (non-hydrogen) atoms. The van der Waals surface area contributed by atoms with Gasteiger partial charge in [0.05, 0.1) is 23.1 Å². The molecule has 0 aliphatic carbocycles. The van der Waals surface area contributed by atoms with Gasteiger partial charge in [-0.15, -0.1) is 0 Å². The average molecular weight is 265 g/mol. The van der Waals surface area contributed by atoms with Crippen molar-refractivity contribution in [3.63, 3.8) is 0 Å². The van der Waals surface area contributed by atoms with Gasteiger partial charge in [-0.05, 0) is 43.6 Å². The van der Waals surface area contributed by atoms with E-state index < -0.39 is 5.54 Å². The van der Waals surface area contributed by atoms with Crippen LogP contribution < -0.4 is 5.32 Å². The Morgan fingerprint density at radius 1 is 1.39 bits per heavy atom. The fraction of sp³-hybridized carbons (Fsp3) is 0.231. The highest BCUT2D eigenvalue weighted by atomic mass is 35.5. The Kier molecular flexibility index (Phi) is 3.39. The molecule has 0 bridgehead atoms. The lowest BCUT2D eigenvalue weighted by atomic mass is 9.99. The van der Waals surface area contributed by atoms with E-state index in [2.05, 4.69) is 10.3 Å². The molecule has 0 fully saturated rings. The van der Waals surface area contributed by atoms with Crippen molar-refractivity contribution in [1.29, 1.82) is 0 Å². The Bertz CT molecular complexity index is 549. The van der Waals surface area contributed by atoms with E-state index in [1.54, 1.807) is 6.20 Å². The van der Waals surface area contributed by atoms with Crippen LogP contribution in [0, 0.1) is 0 Å². The number of nitrogens with one attached hydrogen (secondary N) is 1. The fourth-order valence-electron chi connectivity index (χ4n) is 1.60.